The van der Waals surface area contributed by atoms with Gasteiger partial charge in [-0.2, -0.15) is 5.26 Å². The zero-order valence-electron chi connectivity index (χ0n) is 5.11. The highest BCUT2D eigenvalue weighted by Crippen LogP contribution is 2.22. The lowest BCUT2D eigenvalue weighted by molar-refractivity contribution is 0.617. The normalized spacial score (nSPS) is 9.27. The van der Waals surface area contributed by atoms with Gasteiger partial charge in [0.15, 0.2) is 11.0 Å². The van der Waals surface area contributed by atoms with E-state index in [0.29, 0.717) is 4.47 Å². The summed E-state index contributed by atoms with van der Waals surface area (Å²) in [6, 6.07) is 1.66. The van der Waals surface area contributed by atoms with E-state index in [2.05, 4.69) is 20.9 Å². The largest absolute Gasteiger partial charge is 0.240 e. The van der Waals surface area contributed by atoms with Gasteiger partial charge in [0, 0.05) is 6.20 Å². The molecule has 0 unspecified atom stereocenters. The third kappa shape index (κ3) is 1.50. The average Bonchev–Trinajstić information content (AvgIpc) is 1.99. The molecule has 0 spiro atoms. The smallest absolute Gasteiger partial charge is 0.179 e. The monoisotopic (exact) mass is 234 g/mol. The van der Waals surface area contributed by atoms with Crippen LogP contribution in [0.4, 0.5) is 4.39 Å². The molecule has 0 saturated heterocycles. The molecule has 5 heteroatoms. The number of hydrogen-bond acceptors (Lipinski definition) is 2. The van der Waals surface area contributed by atoms with Crippen LogP contribution in [0.5, 0.6) is 0 Å². The maximum absolute atomic E-state index is 12.8. The minimum absolute atomic E-state index is 0.120. The summed E-state index contributed by atoms with van der Waals surface area (Å²) in [4.78, 5) is 3.48. The Kier molecular flexibility index (Phi) is 2.42. The van der Waals surface area contributed by atoms with Crippen molar-refractivity contribution < 1.29 is 4.39 Å². The molecule has 0 bridgehead atoms. The van der Waals surface area contributed by atoms with Gasteiger partial charge in [-0.05, 0) is 15.9 Å². The topological polar surface area (TPSA) is 36.7 Å². The van der Waals surface area contributed by atoms with Crippen LogP contribution >= 0.6 is 27.5 Å². The number of nitriles is 1. The first-order valence-electron chi connectivity index (χ1n) is 2.56. The molecule has 2 nitrogen and oxygen atoms in total. The number of rotatable bonds is 0. The van der Waals surface area contributed by atoms with Gasteiger partial charge in [0.25, 0.3) is 0 Å². The summed E-state index contributed by atoms with van der Waals surface area (Å²) in [6.07, 6.45) is 1.28. The van der Waals surface area contributed by atoms with Crippen molar-refractivity contribution in [2.45, 2.75) is 0 Å². The predicted molar refractivity (Wildman–Crippen MR) is 41.6 cm³/mol. The Labute approximate surface area is 75.7 Å². The lowest BCUT2D eigenvalue weighted by atomic mass is 10.3. The highest BCUT2D eigenvalue weighted by atomic mass is 79.9. The summed E-state index contributed by atoms with van der Waals surface area (Å²) in [6.45, 7) is 0. The number of nitrogens with zero attached hydrogens (tertiary/aromatic N) is 2. The van der Waals surface area contributed by atoms with Crippen LogP contribution in [0.3, 0.4) is 0 Å². The van der Waals surface area contributed by atoms with Crippen LogP contribution in [0.1, 0.15) is 5.56 Å². The zero-order valence-corrected chi connectivity index (χ0v) is 7.45. The van der Waals surface area contributed by atoms with Crippen molar-refractivity contribution in [3.05, 3.63) is 27.2 Å². The van der Waals surface area contributed by atoms with Crippen molar-refractivity contribution in [2.24, 2.45) is 0 Å². The lowest BCUT2D eigenvalue weighted by Crippen LogP contribution is -1.89. The van der Waals surface area contributed by atoms with E-state index in [0.717, 1.165) is 0 Å². The van der Waals surface area contributed by atoms with E-state index in [1.165, 1.54) is 6.20 Å². The van der Waals surface area contributed by atoms with Crippen LogP contribution < -0.4 is 0 Å². The molecule has 0 N–H and O–H groups in total. The van der Waals surface area contributed by atoms with Crippen LogP contribution in [0, 0.1) is 17.1 Å². The van der Waals surface area contributed by atoms with Gasteiger partial charge in [0.05, 0.1) is 4.47 Å². The van der Waals surface area contributed by atoms with Crippen molar-refractivity contribution in [3.8, 4) is 6.07 Å². The van der Waals surface area contributed by atoms with E-state index in [9.17, 15) is 4.39 Å². The average molecular weight is 235 g/mol. The highest BCUT2D eigenvalue weighted by molar-refractivity contribution is 9.10. The summed E-state index contributed by atoms with van der Waals surface area (Å²) in [5.74, 6) is -0.788. The van der Waals surface area contributed by atoms with E-state index in [4.69, 9.17) is 16.9 Å². The van der Waals surface area contributed by atoms with Crippen molar-refractivity contribution in [2.75, 3.05) is 0 Å². The van der Waals surface area contributed by atoms with Crippen LogP contribution in [0.2, 0.25) is 5.15 Å². The first kappa shape index (κ1) is 8.44. The van der Waals surface area contributed by atoms with Gasteiger partial charge < -0.3 is 0 Å². The van der Waals surface area contributed by atoms with Gasteiger partial charge in [-0.3, -0.25) is 0 Å². The molecule has 0 amide bonds. The number of pyridine rings is 1. The maximum atomic E-state index is 12.8. The predicted octanol–water partition coefficient (Wildman–Crippen LogP) is 2.51. The molecule has 1 heterocycles. The number of aromatic nitrogens is 1. The Bertz CT molecular complexity index is 334. The summed E-state index contributed by atoms with van der Waals surface area (Å²) < 4.78 is 13.1. The van der Waals surface area contributed by atoms with E-state index >= 15 is 0 Å². The molecule has 1 rings (SSSR count). The summed E-state index contributed by atoms with van der Waals surface area (Å²) in [7, 11) is 0. The van der Waals surface area contributed by atoms with Crippen LogP contribution in [-0.4, -0.2) is 4.98 Å². The lowest BCUT2D eigenvalue weighted by Gasteiger charge is -1.96. The van der Waals surface area contributed by atoms with E-state index < -0.39 is 5.82 Å². The van der Waals surface area contributed by atoms with Crippen LogP contribution in [-0.2, 0) is 0 Å². The van der Waals surface area contributed by atoms with Gasteiger partial charge in [0.2, 0.25) is 0 Å². The zero-order chi connectivity index (χ0) is 8.43. The SMILES string of the molecule is N#Cc1c(Br)cnc(Cl)c1F. The molecule has 11 heavy (non-hydrogen) atoms. The molecule has 56 valence electrons. The van der Waals surface area contributed by atoms with E-state index in [1.807, 2.05) is 0 Å². The first-order chi connectivity index (χ1) is 5.16. The second kappa shape index (κ2) is 3.16. The molecule has 0 aliphatic carbocycles. The fourth-order valence-corrected chi connectivity index (χ4v) is 1.05. The van der Waals surface area contributed by atoms with Crippen molar-refractivity contribution in [1.29, 1.82) is 5.26 Å². The van der Waals surface area contributed by atoms with E-state index in [1.54, 1.807) is 6.07 Å². The van der Waals surface area contributed by atoms with Crippen molar-refractivity contribution in [3.63, 3.8) is 0 Å². The number of hydrogen-bond donors (Lipinski definition) is 0. The Hall–Kier alpha value is -0.660. The van der Waals surface area contributed by atoms with Gasteiger partial charge in [0.1, 0.15) is 11.6 Å². The Morgan fingerprint density at radius 2 is 2.36 bits per heavy atom. The molecule has 0 fully saturated rings. The first-order valence-corrected chi connectivity index (χ1v) is 3.73. The second-order valence-corrected chi connectivity index (χ2v) is 2.91. The standard InChI is InChI=1S/C6HBrClFN2/c7-4-2-11-6(8)5(9)3(4)1-10/h2H. The highest BCUT2D eigenvalue weighted by Gasteiger charge is 2.10. The molecule has 0 atom stereocenters. The minimum atomic E-state index is -0.788. The molecule has 1 aromatic heterocycles. The Balaban J connectivity index is 3.44. The molecule has 0 radical (unpaired) electrons. The van der Waals surface area contributed by atoms with Gasteiger partial charge in [-0.15, -0.1) is 0 Å². The van der Waals surface area contributed by atoms with Crippen LogP contribution in [0.25, 0.3) is 0 Å². The summed E-state index contributed by atoms with van der Waals surface area (Å²) in [5, 5.41) is 8.13. The molecule has 0 saturated carbocycles. The third-order valence-electron chi connectivity index (χ3n) is 1.04. The summed E-state index contributed by atoms with van der Waals surface area (Å²) >= 11 is 8.26. The quantitative estimate of drug-likeness (QED) is 0.648. The summed E-state index contributed by atoms with van der Waals surface area (Å²) in [5.41, 5.74) is -0.120. The third-order valence-corrected chi connectivity index (χ3v) is 1.91. The maximum Gasteiger partial charge on any atom is 0.179 e. The molecule has 1 aromatic rings. The Morgan fingerprint density at radius 3 is 2.82 bits per heavy atom. The molecular weight excluding hydrogens is 234 g/mol. The fourth-order valence-electron chi connectivity index (χ4n) is 0.545. The van der Waals surface area contributed by atoms with E-state index in [-0.39, 0.29) is 10.7 Å². The number of halogens is 3. The van der Waals surface area contributed by atoms with Crippen LogP contribution in [0.15, 0.2) is 10.7 Å². The van der Waals surface area contributed by atoms with Gasteiger partial charge >= 0.3 is 0 Å². The fraction of sp³-hybridized carbons (Fsp3) is 0. The Morgan fingerprint density at radius 1 is 1.73 bits per heavy atom. The molecule has 0 aromatic carbocycles. The van der Waals surface area contributed by atoms with Gasteiger partial charge in [-0.25, -0.2) is 9.37 Å². The van der Waals surface area contributed by atoms with Crippen molar-refractivity contribution >= 4 is 27.5 Å². The minimum Gasteiger partial charge on any atom is -0.240 e. The second-order valence-electron chi connectivity index (χ2n) is 1.70. The van der Waals surface area contributed by atoms with Crippen molar-refractivity contribution in [1.82, 2.24) is 4.98 Å². The van der Waals surface area contributed by atoms with Gasteiger partial charge in [-0.1, -0.05) is 11.6 Å². The molecular formula is C6HBrClFN2. The molecule has 0 aliphatic rings. The molecule has 0 aliphatic heterocycles.